The van der Waals surface area contributed by atoms with Crippen molar-refractivity contribution < 1.29 is 9.53 Å². The molecule has 15 heavy (non-hydrogen) atoms. The summed E-state index contributed by atoms with van der Waals surface area (Å²) in [7, 11) is 1.62. The molecule has 86 valence electrons. The Hall–Kier alpha value is -0.830. The Bertz CT molecular complexity index is 218. The zero-order chi connectivity index (χ0) is 11.1. The van der Waals surface area contributed by atoms with Crippen molar-refractivity contribution >= 4 is 5.91 Å². The Balaban J connectivity index is 2.20. The van der Waals surface area contributed by atoms with E-state index in [1.54, 1.807) is 19.3 Å². The van der Waals surface area contributed by atoms with Gasteiger partial charge in [-0.15, -0.1) is 0 Å². The van der Waals surface area contributed by atoms with E-state index in [0.717, 1.165) is 18.8 Å². The van der Waals surface area contributed by atoms with E-state index in [0.29, 0.717) is 12.6 Å². The molecule has 1 N–H and O–H groups in total. The molecular formula is C12H21NO2. The minimum absolute atomic E-state index is 0.00611. The zero-order valence-electron chi connectivity index (χ0n) is 9.66. The van der Waals surface area contributed by atoms with E-state index >= 15 is 0 Å². The number of carbonyl (C=O) groups is 1. The van der Waals surface area contributed by atoms with E-state index in [9.17, 15) is 4.79 Å². The lowest BCUT2D eigenvalue weighted by Gasteiger charge is -2.26. The van der Waals surface area contributed by atoms with Gasteiger partial charge < -0.3 is 10.1 Å². The fourth-order valence-electron chi connectivity index (χ4n) is 1.91. The van der Waals surface area contributed by atoms with Crippen LogP contribution in [-0.2, 0) is 9.53 Å². The van der Waals surface area contributed by atoms with E-state index in [-0.39, 0.29) is 5.91 Å². The van der Waals surface area contributed by atoms with Crippen molar-refractivity contribution in [1.82, 2.24) is 5.32 Å². The number of ether oxygens (including phenoxy) is 1. The van der Waals surface area contributed by atoms with Crippen LogP contribution in [0.15, 0.2) is 12.2 Å². The molecule has 0 aromatic rings. The minimum atomic E-state index is 0.00611. The van der Waals surface area contributed by atoms with Gasteiger partial charge in [-0.2, -0.15) is 0 Å². The minimum Gasteiger partial charge on any atom is -0.381 e. The molecule has 0 unspecified atom stereocenters. The predicted molar refractivity (Wildman–Crippen MR) is 60.6 cm³/mol. The van der Waals surface area contributed by atoms with Gasteiger partial charge in [-0.05, 0) is 31.6 Å². The highest BCUT2D eigenvalue weighted by Gasteiger charge is 2.18. The van der Waals surface area contributed by atoms with Gasteiger partial charge in [0.2, 0.25) is 5.91 Å². The largest absolute Gasteiger partial charge is 0.381 e. The summed E-state index contributed by atoms with van der Waals surface area (Å²) in [5.74, 6) is 0.828. The van der Waals surface area contributed by atoms with Crippen LogP contribution < -0.4 is 5.32 Å². The van der Waals surface area contributed by atoms with Crippen molar-refractivity contribution in [2.45, 2.75) is 38.6 Å². The number of hydrogen-bond acceptors (Lipinski definition) is 2. The van der Waals surface area contributed by atoms with Gasteiger partial charge in [0.1, 0.15) is 0 Å². The fraction of sp³-hybridized carbons (Fsp3) is 0.750. The highest BCUT2D eigenvalue weighted by Crippen LogP contribution is 2.23. The summed E-state index contributed by atoms with van der Waals surface area (Å²) < 4.78 is 4.83. The maximum atomic E-state index is 11.4. The number of methoxy groups -OCH3 is 1. The lowest BCUT2D eigenvalue weighted by atomic mass is 9.87. The summed E-state index contributed by atoms with van der Waals surface area (Å²) in [6.45, 7) is 2.77. The standard InChI is InChI=1S/C12H21NO2/c1-10-5-7-11(8-6-10)13-12(14)4-3-9-15-2/h3-4,10-11H,5-9H2,1-2H3,(H,13,14)/b4-3+/t10-,11+. The first-order valence-electron chi connectivity index (χ1n) is 5.68. The smallest absolute Gasteiger partial charge is 0.243 e. The van der Waals surface area contributed by atoms with Crippen molar-refractivity contribution in [3.8, 4) is 0 Å². The first-order valence-corrected chi connectivity index (χ1v) is 5.68. The van der Waals surface area contributed by atoms with Crippen LogP contribution in [0.2, 0.25) is 0 Å². The van der Waals surface area contributed by atoms with Gasteiger partial charge in [0.05, 0.1) is 6.61 Å². The van der Waals surface area contributed by atoms with Gasteiger partial charge in [0.15, 0.2) is 0 Å². The molecule has 0 saturated heterocycles. The molecule has 1 amide bonds. The van der Waals surface area contributed by atoms with Crippen molar-refractivity contribution in [1.29, 1.82) is 0 Å². The maximum absolute atomic E-state index is 11.4. The van der Waals surface area contributed by atoms with E-state index in [4.69, 9.17) is 4.74 Å². The number of nitrogens with one attached hydrogen (secondary N) is 1. The fourth-order valence-corrected chi connectivity index (χ4v) is 1.91. The molecule has 3 heteroatoms. The molecule has 1 aliphatic carbocycles. The van der Waals surface area contributed by atoms with Crippen LogP contribution in [0, 0.1) is 5.92 Å². The SMILES string of the molecule is COC/C=C/C(=O)N[C@H]1CC[C@@H](C)CC1. The zero-order valence-corrected chi connectivity index (χ0v) is 9.66. The Morgan fingerprint density at radius 2 is 2.07 bits per heavy atom. The van der Waals surface area contributed by atoms with Crippen molar-refractivity contribution in [3.05, 3.63) is 12.2 Å². The van der Waals surface area contributed by atoms with Gasteiger partial charge in [-0.1, -0.05) is 13.0 Å². The van der Waals surface area contributed by atoms with Crippen LogP contribution in [0.1, 0.15) is 32.6 Å². The molecule has 1 fully saturated rings. The Labute approximate surface area is 91.9 Å². The molecular weight excluding hydrogens is 190 g/mol. The van der Waals surface area contributed by atoms with E-state index in [2.05, 4.69) is 12.2 Å². The molecule has 3 nitrogen and oxygen atoms in total. The topological polar surface area (TPSA) is 38.3 Å². The third kappa shape index (κ3) is 4.98. The molecule has 0 aliphatic heterocycles. The quantitative estimate of drug-likeness (QED) is 0.721. The molecule has 0 atom stereocenters. The van der Waals surface area contributed by atoms with Crippen LogP contribution in [0.5, 0.6) is 0 Å². The monoisotopic (exact) mass is 211 g/mol. The molecule has 0 heterocycles. The maximum Gasteiger partial charge on any atom is 0.243 e. The third-order valence-corrected chi connectivity index (χ3v) is 2.89. The van der Waals surface area contributed by atoms with E-state index < -0.39 is 0 Å². The van der Waals surface area contributed by atoms with Crippen LogP contribution in [0.3, 0.4) is 0 Å². The summed E-state index contributed by atoms with van der Waals surface area (Å²) in [5.41, 5.74) is 0. The molecule has 0 bridgehead atoms. The van der Waals surface area contributed by atoms with Crippen LogP contribution in [-0.4, -0.2) is 25.7 Å². The summed E-state index contributed by atoms with van der Waals surface area (Å²) in [6, 6.07) is 0.376. The number of carbonyl (C=O) groups excluding carboxylic acids is 1. The van der Waals surface area contributed by atoms with Crippen LogP contribution in [0.4, 0.5) is 0 Å². The van der Waals surface area contributed by atoms with Gasteiger partial charge in [0.25, 0.3) is 0 Å². The Morgan fingerprint density at radius 1 is 1.40 bits per heavy atom. The van der Waals surface area contributed by atoms with Crippen LogP contribution >= 0.6 is 0 Å². The summed E-state index contributed by atoms with van der Waals surface area (Å²) in [4.78, 5) is 11.4. The van der Waals surface area contributed by atoms with E-state index in [1.807, 2.05) is 0 Å². The second kappa shape index (κ2) is 6.62. The Kier molecular flexibility index (Phi) is 5.40. The molecule has 0 aromatic heterocycles. The number of rotatable bonds is 4. The van der Waals surface area contributed by atoms with Gasteiger partial charge >= 0.3 is 0 Å². The first-order chi connectivity index (χ1) is 7.22. The lowest BCUT2D eigenvalue weighted by molar-refractivity contribution is -0.117. The summed E-state index contributed by atoms with van der Waals surface area (Å²) >= 11 is 0. The van der Waals surface area contributed by atoms with Gasteiger partial charge in [0, 0.05) is 19.2 Å². The average molecular weight is 211 g/mol. The first kappa shape index (κ1) is 12.2. The van der Waals surface area contributed by atoms with Gasteiger partial charge in [-0.25, -0.2) is 0 Å². The second-order valence-electron chi connectivity index (χ2n) is 4.32. The number of amides is 1. The molecule has 1 rings (SSSR count). The van der Waals surface area contributed by atoms with Crippen molar-refractivity contribution in [3.63, 3.8) is 0 Å². The summed E-state index contributed by atoms with van der Waals surface area (Å²) in [6.07, 6.45) is 7.98. The van der Waals surface area contributed by atoms with Gasteiger partial charge in [-0.3, -0.25) is 4.79 Å². The normalized spacial score (nSPS) is 26.8. The molecule has 0 spiro atoms. The van der Waals surface area contributed by atoms with Crippen molar-refractivity contribution in [2.24, 2.45) is 5.92 Å². The predicted octanol–water partition coefficient (Wildman–Crippen LogP) is 1.88. The second-order valence-corrected chi connectivity index (χ2v) is 4.32. The average Bonchev–Trinajstić information content (AvgIpc) is 2.22. The summed E-state index contributed by atoms with van der Waals surface area (Å²) in [5, 5.41) is 3.02. The van der Waals surface area contributed by atoms with E-state index in [1.165, 1.54) is 12.8 Å². The molecule has 1 aliphatic rings. The number of hydrogen-bond donors (Lipinski definition) is 1. The Morgan fingerprint density at radius 3 is 2.67 bits per heavy atom. The highest BCUT2D eigenvalue weighted by molar-refractivity contribution is 5.87. The van der Waals surface area contributed by atoms with Crippen molar-refractivity contribution in [2.75, 3.05) is 13.7 Å². The molecule has 1 saturated carbocycles. The third-order valence-electron chi connectivity index (χ3n) is 2.89. The lowest BCUT2D eigenvalue weighted by Crippen LogP contribution is -2.36. The molecule has 0 radical (unpaired) electrons. The highest BCUT2D eigenvalue weighted by atomic mass is 16.5. The van der Waals surface area contributed by atoms with Crippen LogP contribution in [0.25, 0.3) is 0 Å². The molecule has 0 aromatic carbocycles.